The lowest BCUT2D eigenvalue weighted by Crippen LogP contribution is -2.54. The van der Waals surface area contributed by atoms with Gasteiger partial charge in [-0.2, -0.15) is 0 Å². The highest BCUT2D eigenvalue weighted by molar-refractivity contribution is 5.97. The molecule has 1 fully saturated rings. The molecule has 0 unspecified atom stereocenters. The Morgan fingerprint density at radius 2 is 1.80 bits per heavy atom. The normalized spacial score (nSPS) is 19.8. The number of H-pyrrole nitrogens is 1. The van der Waals surface area contributed by atoms with Crippen molar-refractivity contribution < 1.29 is 23.9 Å². The number of carbonyl (C=O) groups is 4. The van der Waals surface area contributed by atoms with Gasteiger partial charge in [-0.15, -0.1) is 0 Å². The van der Waals surface area contributed by atoms with Gasteiger partial charge in [0.05, 0.1) is 18.1 Å². The standard InChI is InChI=1S/C30H38N6O5/c1-19-28(38)31-14-6-16-36(29(39)22-10-13-24-25(18-22)33-20(2)32-24)15-5-7-27(37)34-26(30(40)35(19)3)17-21-8-11-23(41-4)12-9-21/h8-13,18-19,26H,5-7,14-17H2,1-4H3,(H,31,38)(H,32,33)(H,34,37)/t19-,26-/m0/s1. The van der Waals surface area contributed by atoms with Gasteiger partial charge in [0.1, 0.15) is 23.7 Å². The molecule has 4 amide bonds. The predicted molar refractivity (Wildman–Crippen MR) is 154 cm³/mol. The lowest BCUT2D eigenvalue weighted by molar-refractivity contribution is -0.141. The van der Waals surface area contributed by atoms with Crippen LogP contribution in [0.4, 0.5) is 0 Å². The molecule has 0 bridgehead atoms. The molecule has 1 saturated heterocycles. The summed E-state index contributed by atoms with van der Waals surface area (Å²) in [5, 5.41) is 5.75. The van der Waals surface area contributed by atoms with E-state index in [0.717, 1.165) is 22.4 Å². The minimum atomic E-state index is -0.858. The van der Waals surface area contributed by atoms with Crippen LogP contribution in [-0.4, -0.2) is 89.3 Å². The van der Waals surface area contributed by atoms with E-state index in [1.165, 1.54) is 4.90 Å². The molecule has 11 nitrogen and oxygen atoms in total. The van der Waals surface area contributed by atoms with E-state index in [0.29, 0.717) is 43.8 Å². The number of methoxy groups -OCH3 is 1. The molecule has 1 aliphatic rings. The Hall–Kier alpha value is -4.41. The number of imidazole rings is 1. The Morgan fingerprint density at radius 3 is 2.54 bits per heavy atom. The monoisotopic (exact) mass is 562 g/mol. The number of aryl methyl sites for hydroxylation is 1. The maximum Gasteiger partial charge on any atom is 0.253 e. The molecule has 0 aliphatic carbocycles. The van der Waals surface area contributed by atoms with E-state index >= 15 is 0 Å². The number of rotatable bonds is 4. The number of nitrogens with zero attached hydrogens (tertiary/aromatic N) is 3. The third-order valence-electron chi connectivity index (χ3n) is 7.41. The molecule has 0 saturated carbocycles. The van der Waals surface area contributed by atoms with Crippen molar-refractivity contribution in [2.24, 2.45) is 0 Å². The fraction of sp³-hybridized carbons (Fsp3) is 0.433. The molecule has 1 aromatic heterocycles. The highest BCUT2D eigenvalue weighted by Gasteiger charge is 2.30. The van der Waals surface area contributed by atoms with Gasteiger partial charge >= 0.3 is 0 Å². The van der Waals surface area contributed by atoms with Crippen molar-refractivity contribution in [2.45, 2.75) is 51.6 Å². The van der Waals surface area contributed by atoms with Crippen molar-refractivity contribution in [2.75, 3.05) is 33.8 Å². The van der Waals surface area contributed by atoms with Crippen LogP contribution in [0.15, 0.2) is 42.5 Å². The van der Waals surface area contributed by atoms with E-state index in [2.05, 4.69) is 20.6 Å². The second kappa shape index (κ2) is 13.3. The highest BCUT2D eigenvalue weighted by atomic mass is 16.5. The van der Waals surface area contributed by atoms with Crippen LogP contribution >= 0.6 is 0 Å². The van der Waals surface area contributed by atoms with Crippen LogP contribution in [0, 0.1) is 6.92 Å². The first-order chi connectivity index (χ1) is 19.7. The number of hydrogen-bond donors (Lipinski definition) is 3. The SMILES string of the molecule is COc1ccc(C[C@@H]2NC(=O)CCCN(C(=O)c3ccc4nc(C)[nH]c4c3)CCCNC(=O)[C@H](C)N(C)C2=O)cc1. The Morgan fingerprint density at radius 1 is 1.07 bits per heavy atom. The molecule has 1 aliphatic heterocycles. The molecule has 2 heterocycles. The maximum absolute atomic E-state index is 13.5. The van der Waals surface area contributed by atoms with Crippen LogP contribution in [-0.2, 0) is 20.8 Å². The Balaban J connectivity index is 1.51. The highest BCUT2D eigenvalue weighted by Crippen LogP contribution is 2.17. The van der Waals surface area contributed by atoms with Crippen molar-refractivity contribution in [1.29, 1.82) is 0 Å². The number of likely N-dealkylation sites (N-methyl/N-ethyl adjacent to an activating group) is 1. The first kappa shape index (κ1) is 29.6. The van der Waals surface area contributed by atoms with Gasteiger partial charge in [-0.3, -0.25) is 19.2 Å². The van der Waals surface area contributed by atoms with E-state index in [4.69, 9.17) is 4.74 Å². The van der Waals surface area contributed by atoms with Gasteiger partial charge in [0.25, 0.3) is 5.91 Å². The van der Waals surface area contributed by atoms with Crippen molar-refractivity contribution in [3.05, 3.63) is 59.4 Å². The van der Waals surface area contributed by atoms with Gasteiger partial charge in [0, 0.05) is 45.1 Å². The van der Waals surface area contributed by atoms with Crippen molar-refractivity contribution >= 4 is 34.7 Å². The van der Waals surface area contributed by atoms with Crippen molar-refractivity contribution in [3.8, 4) is 5.75 Å². The van der Waals surface area contributed by atoms with Crippen LogP contribution in [0.5, 0.6) is 5.75 Å². The number of benzene rings is 2. The summed E-state index contributed by atoms with van der Waals surface area (Å²) in [6, 6.07) is 11.0. The van der Waals surface area contributed by atoms with E-state index < -0.39 is 12.1 Å². The van der Waals surface area contributed by atoms with E-state index in [9.17, 15) is 19.2 Å². The van der Waals surface area contributed by atoms with Crippen LogP contribution in [0.2, 0.25) is 0 Å². The lowest BCUT2D eigenvalue weighted by atomic mass is 10.0. The average molecular weight is 563 g/mol. The van der Waals surface area contributed by atoms with Gasteiger partial charge in [0.15, 0.2) is 0 Å². The summed E-state index contributed by atoms with van der Waals surface area (Å²) < 4.78 is 5.22. The Labute approximate surface area is 239 Å². The fourth-order valence-corrected chi connectivity index (χ4v) is 4.90. The zero-order valence-corrected chi connectivity index (χ0v) is 24.0. The molecule has 41 heavy (non-hydrogen) atoms. The third kappa shape index (κ3) is 7.41. The molecule has 0 radical (unpaired) electrons. The van der Waals surface area contributed by atoms with Crippen LogP contribution < -0.4 is 15.4 Å². The molecule has 3 N–H and O–H groups in total. The van der Waals surface area contributed by atoms with Crippen LogP contribution in [0.25, 0.3) is 11.0 Å². The van der Waals surface area contributed by atoms with Crippen molar-refractivity contribution in [1.82, 2.24) is 30.4 Å². The second-order valence-electron chi connectivity index (χ2n) is 10.4. The minimum Gasteiger partial charge on any atom is -0.497 e. The van der Waals surface area contributed by atoms with Gasteiger partial charge < -0.3 is 30.2 Å². The number of ether oxygens (including phenoxy) is 1. The molecule has 4 rings (SSSR count). The van der Waals surface area contributed by atoms with E-state index in [-0.39, 0.29) is 36.5 Å². The Bertz CT molecular complexity index is 1400. The third-order valence-corrected chi connectivity index (χ3v) is 7.41. The minimum absolute atomic E-state index is 0.144. The quantitative estimate of drug-likeness (QED) is 0.446. The first-order valence-electron chi connectivity index (χ1n) is 13.9. The smallest absolute Gasteiger partial charge is 0.253 e. The van der Waals surface area contributed by atoms with Gasteiger partial charge in [-0.1, -0.05) is 12.1 Å². The van der Waals surface area contributed by atoms with Crippen LogP contribution in [0.3, 0.4) is 0 Å². The summed E-state index contributed by atoms with van der Waals surface area (Å²) in [5.74, 6) is 0.350. The summed E-state index contributed by atoms with van der Waals surface area (Å²) >= 11 is 0. The summed E-state index contributed by atoms with van der Waals surface area (Å²) in [6.07, 6.45) is 1.35. The number of nitrogens with one attached hydrogen (secondary N) is 3. The zero-order chi connectivity index (χ0) is 29.5. The average Bonchev–Trinajstić information content (AvgIpc) is 3.35. The van der Waals surface area contributed by atoms with Gasteiger partial charge in [-0.25, -0.2) is 4.98 Å². The maximum atomic E-state index is 13.5. The lowest BCUT2D eigenvalue weighted by Gasteiger charge is -2.29. The van der Waals surface area contributed by atoms with Crippen molar-refractivity contribution in [3.63, 3.8) is 0 Å². The topological polar surface area (TPSA) is 137 Å². The molecule has 3 aromatic rings. The number of carbonyl (C=O) groups excluding carboxylic acids is 4. The summed E-state index contributed by atoms with van der Waals surface area (Å²) in [4.78, 5) is 63.4. The van der Waals surface area contributed by atoms with Gasteiger partial charge in [-0.05, 0) is 62.6 Å². The number of aromatic nitrogens is 2. The summed E-state index contributed by atoms with van der Waals surface area (Å²) in [7, 11) is 3.14. The predicted octanol–water partition coefficient (Wildman–Crippen LogP) is 2.20. The number of aromatic amines is 1. The molecular weight excluding hydrogens is 524 g/mol. The summed E-state index contributed by atoms with van der Waals surface area (Å²) in [5.41, 5.74) is 2.93. The van der Waals surface area contributed by atoms with E-state index in [1.807, 2.05) is 25.1 Å². The molecular formula is C30H38N6O5. The summed E-state index contributed by atoms with van der Waals surface area (Å²) in [6.45, 7) is 4.62. The zero-order valence-electron chi connectivity index (χ0n) is 24.0. The van der Waals surface area contributed by atoms with Gasteiger partial charge in [0.2, 0.25) is 17.7 Å². The largest absolute Gasteiger partial charge is 0.497 e. The van der Waals surface area contributed by atoms with E-state index in [1.54, 1.807) is 50.2 Å². The molecule has 2 aromatic carbocycles. The first-order valence-corrected chi connectivity index (χ1v) is 13.9. The molecule has 11 heteroatoms. The second-order valence-corrected chi connectivity index (χ2v) is 10.4. The van der Waals surface area contributed by atoms with Crippen LogP contribution in [0.1, 0.15) is 47.9 Å². The number of amides is 4. The number of fused-ring (bicyclic) bond motifs is 1. The molecule has 2 atom stereocenters. The molecule has 218 valence electrons. The fourth-order valence-electron chi connectivity index (χ4n) is 4.90. The Kier molecular flexibility index (Phi) is 9.59. The number of hydrogen-bond acceptors (Lipinski definition) is 6. The molecule has 0 spiro atoms.